The van der Waals surface area contributed by atoms with Gasteiger partial charge in [0, 0.05) is 12.5 Å². The van der Waals surface area contributed by atoms with Crippen LogP contribution in [0.5, 0.6) is 0 Å². The molecule has 0 bridgehead atoms. The van der Waals surface area contributed by atoms with Gasteiger partial charge in [0.05, 0.1) is 12.2 Å². The van der Waals surface area contributed by atoms with Gasteiger partial charge < -0.3 is 9.64 Å². The molecule has 2 fully saturated rings. The average molecular weight is 237 g/mol. The van der Waals surface area contributed by atoms with Crippen LogP contribution >= 0.6 is 0 Å². The van der Waals surface area contributed by atoms with E-state index in [9.17, 15) is 0 Å². The normalized spacial score (nSPS) is 35.8. The zero-order valence-electron chi connectivity index (χ0n) is 11.5. The first-order chi connectivity index (χ1) is 8.16. The molecule has 3 atom stereocenters. The Bertz CT molecular complexity index is 258. The van der Waals surface area contributed by atoms with Crippen LogP contribution in [0.2, 0.25) is 0 Å². The minimum absolute atomic E-state index is 0.384. The first-order valence-electron chi connectivity index (χ1n) is 7.20. The second-order valence-corrected chi connectivity index (χ2v) is 5.88. The molecule has 0 saturated carbocycles. The van der Waals surface area contributed by atoms with Gasteiger partial charge in [0.15, 0.2) is 0 Å². The summed E-state index contributed by atoms with van der Waals surface area (Å²) >= 11 is 0. The lowest BCUT2D eigenvalue weighted by Crippen LogP contribution is -2.44. The fourth-order valence-corrected chi connectivity index (χ4v) is 3.19. The van der Waals surface area contributed by atoms with Crippen molar-refractivity contribution in [1.82, 2.24) is 4.90 Å². The van der Waals surface area contributed by atoms with Crippen molar-refractivity contribution in [2.45, 2.75) is 58.2 Å². The Kier molecular flexibility index (Phi) is 4.63. The van der Waals surface area contributed by atoms with Crippen LogP contribution in [0.4, 0.5) is 0 Å². The topological polar surface area (TPSA) is 12.5 Å². The molecule has 0 aromatic heterocycles. The molecule has 0 aromatic carbocycles. The van der Waals surface area contributed by atoms with E-state index in [1.54, 1.807) is 0 Å². The van der Waals surface area contributed by atoms with Crippen LogP contribution in [-0.2, 0) is 4.74 Å². The molecule has 0 N–H and O–H groups in total. The molecule has 17 heavy (non-hydrogen) atoms. The van der Waals surface area contributed by atoms with E-state index >= 15 is 0 Å². The highest BCUT2D eigenvalue weighted by Crippen LogP contribution is 2.30. The molecule has 2 saturated heterocycles. The third-order valence-electron chi connectivity index (χ3n) is 4.26. The number of rotatable bonds is 3. The highest BCUT2D eigenvalue weighted by molar-refractivity contribution is 5.02. The van der Waals surface area contributed by atoms with E-state index < -0.39 is 0 Å². The Hall–Kier alpha value is -0.340. The standard InChI is InChI=1S/C15H27NO/c1-12(2)14-8-7-13(3)17-15(14)11-16-9-5-4-6-10-16/h13-15H,1,4-11H2,2-3H3/t13-,14-,15-/m0/s1. The number of ether oxygens (including phenoxy) is 1. The summed E-state index contributed by atoms with van der Waals surface area (Å²) in [5.74, 6) is 0.577. The number of nitrogens with zero attached hydrogens (tertiary/aromatic N) is 1. The lowest BCUT2D eigenvalue weighted by Gasteiger charge is -2.39. The van der Waals surface area contributed by atoms with Gasteiger partial charge in [-0.05, 0) is 52.6 Å². The summed E-state index contributed by atoms with van der Waals surface area (Å²) in [6.07, 6.45) is 7.39. The summed E-state index contributed by atoms with van der Waals surface area (Å²) in [4.78, 5) is 2.59. The van der Waals surface area contributed by atoms with Crippen LogP contribution in [0.3, 0.4) is 0 Å². The van der Waals surface area contributed by atoms with Gasteiger partial charge in [-0.3, -0.25) is 0 Å². The van der Waals surface area contributed by atoms with Crippen molar-refractivity contribution in [1.29, 1.82) is 0 Å². The van der Waals surface area contributed by atoms with Crippen molar-refractivity contribution in [2.75, 3.05) is 19.6 Å². The third kappa shape index (κ3) is 3.56. The van der Waals surface area contributed by atoms with Crippen LogP contribution in [0.1, 0.15) is 46.0 Å². The monoisotopic (exact) mass is 237 g/mol. The van der Waals surface area contributed by atoms with Crippen LogP contribution in [0.15, 0.2) is 12.2 Å². The Morgan fingerprint density at radius 2 is 1.94 bits per heavy atom. The van der Waals surface area contributed by atoms with E-state index in [0.29, 0.717) is 18.1 Å². The lowest BCUT2D eigenvalue weighted by atomic mass is 9.86. The Balaban J connectivity index is 1.92. The maximum absolute atomic E-state index is 6.16. The molecule has 0 amide bonds. The molecule has 0 unspecified atom stereocenters. The van der Waals surface area contributed by atoms with E-state index in [1.807, 2.05) is 0 Å². The number of likely N-dealkylation sites (tertiary alicyclic amines) is 1. The van der Waals surface area contributed by atoms with Gasteiger partial charge in [-0.15, -0.1) is 0 Å². The van der Waals surface area contributed by atoms with Crippen molar-refractivity contribution in [3.63, 3.8) is 0 Å². The number of piperidine rings is 1. The lowest BCUT2D eigenvalue weighted by molar-refractivity contribution is -0.0793. The highest BCUT2D eigenvalue weighted by Gasteiger charge is 2.31. The Labute approximate surface area is 106 Å². The van der Waals surface area contributed by atoms with Gasteiger partial charge in [-0.25, -0.2) is 0 Å². The van der Waals surface area contributed by atoms with Crippen LogP contribution < -0.4 is 0 Å². The van der Waals surface area contributed by atoms with Gasteiger partial charge in [0.1, 0.15) is 0 Å². The maximum Gasteiger partial charge on any atom is 0.0770 e. The van der Waals surface area contributed by atoms with Gasteiger partial charge in [-0.2, -0.15) is 0 Å². The van der Waals surface area contributed by atoms with Crippen LogP contribution in [0.25, 0.3) is 0 Å². The zero-order valence-corrected chi connectivity index (χ0v) is 11.5. The van der Waals surface area contributed by atoms with Gasteiger partial charge in [0.2, 0.25) is 0 Å². The van der Waals surface area contributed by atoms with E-state index in [0.717, 1.165) is 6.54 Å². The molecule has 0 aliphatic carbocycles. The molecular formula is C15H27NO. The first kappa shape index (κ1) is 13.1. The van der Waals surface area contributed by atoms with Crippen molar-refractivity contribution in [3.8, 4) is 0 Å². The molecule has 2 heteroatoms. The average Bonchev–Trinajstić information content (AvgIpc) is 2.30. The summed E-state index contributed by atoms with van der Waals surface area (Å²) in [5.41, 5.74) is 1.30. The SMILES string of the molecule is C=C(C)[C@@H]1CC[C@H](C)O[C@H]1CN1CCCCC1. The van der Waals surface area contributed by atoms with Crippen molar-refractivity contribution in [3.05, 3.63) is 12.2 Å². The van der Waals surface area contributed by atoms with Crippen molar-refractivity contribution in [2.24, 2.45) is 5.92 Å². The summed E-state index contributed by atoms with van der Waals surface area (Å²) in [7, 11) is 0. The molecule has 0 radical (unpaired) electrons. The van der Waals surface area contributed by atoms with Crippen molar-refractivity contribution >= 4 is 0 Å². The zero-order chi connectivity index (χ0) is 12.3. The first-order valence-corrected chi connectivity index (χ1v) is 7.20. The molecule has 2 rings (SSSR count). The molecule has 0 aromatic rings. The third-order valence-corrected chi connectivity index (χ3v) is 4.26. The molecule has 0 spiro atoms. The summed E-state index contributed by atoms with van der Waals surface area (Å²) < 4.78 is 6.16. The van der Waals surface area contributed by atoms with Gasteiger partial charge in [0.25, 0.3) is 0 Å². The summed E-state index contributed by atoms with van der Waals surface area (Å²) in [6.45, 7) is 12.1. The predicted molar refractivity (Wildman–Crippen MR) is 72.2 cm³/mol. The maximum atomic E-state index is 6.16. The minimum atomic E-state index is 0.384. The smallest absolute Gasteiger partial charge is 0.0770 e. The second kappa shape index (κ2) is 6.01. The van der Waals surface area contributed by atoms with E-state index in [1.165, 1.54) is 50.8 Å². The highest BCUT2D eigenvalue weighted by atomic mass is 16.5. The van der Waals surface area contributed by atoms with E-state index in [4.69, 9.17) is 4.74 Å². The van der Waals surface area contributed by atoms with Crippen molar-refractivity contribution < 1.29 is 4.74 Å². The summed E-state index contributed by atoms with van der Waals surface area (Å²) in [6, 6.07) is 0. The summed E-state index contributed by atoms with van der Waals surface area (Å²) in [5, 5.41) is 0. The quantitative estimate of drug-likeness (QED) is 0.699. The molecule has 2 nitrogen and oxygen atoms in total. The fourth-order valence-electron chi connectivity index (χ4n) is 3.19. The minimum Gasteiger partial charge on any atom is -0.373 e. The Morgan fingerprint density at radius 3 is 2.59 bits per heavy atom. The van der Waals surface area contributed by atoms with Crippen LogP contribution in [0, 0.1) is 5.92 Å². The molecule has 2 heterocycles. The largest absolute Gasteiger partial charge is 0.373 e. The molecular weight excluding hydrogens is 210 g/mol. The van der Waals surface area contributed by atoms with Gasteiger partial charge in [-0.1, -0.05) is 18.6 Å². The number of hydrogen-bond donors (Lipinski definition) is 0. The predicted octanol–water partition coefficient (Wildman–Crippen LogP) is 3.23. The number of hydrogen-bond acceptors (Lipinski definition) is 2. The Morgan fingerprint density at radius 1 is 1.24 bits per heavy atom. The van der Waals surface area contributed by atoms with Gasteiger partial charge >= 0.3 is 0 Å². The molecule has 2 aliphatic rings. The van der Waals surface area contributed by atoms with E-state index in [-0.39, 0.29) is 0 Å². The second-order valence-electron chi connectivity index (χ2n) is 5.88. The molecule has 98 valence electrons. The van der Waals surface area contributed by atoms with Crippen LogP contribution in [-0.4, -0.2) is 36.7 Å². The van der Waals surface area contributed by atoms with E-state index in [2.05, 4.69) is 25.3 Å². The molecule has 2 aliphatic heterocycles. The fraction of sp³-hybridized carbons (Fsp3) is 0.867.